The molecule has 0 radical (unpaired) electrons. The Labute approximate surface area is 196 Å². The predicted molar refractivity (Wildman–Crippen MR) is 122 cm³/mol. The van der Waals surface area contributed by atoms with E-state index in [-0.39, 0.29) is 23.5 Å². The van der Waals surface area contributed by atoms with E-state index in [0.717, 1.165) is 27.1 Å². The fraction of sp³-hybridized carbons (Fsp3) is 0.250. The van der Waals surface area contributed by atoms with Crippen molar-refractivity contribution in [1.82, 2.24) is 24.5 Å². The number of aromatic amines is 1. The van der Waals surface area contributed by atoms with Gasteiger partial charge in [-0.15, -0.1) is 0 Å². The molecule has 0 spiro atoms. The van der Waals surface area contributed by atoms with Gasteiger partial charge in [-0.2, -0.15) is 9.97 Å². The number of hydrogen-bond acceptors (Lipinski definition) is 8. The zero-order valence-corrected chi connectivity index (χ0v) is 19.3. The molecule has 13 heteroatoms. The molecular weight excluding hydrogens is 478 g/mol. The van der Waals surface area contributed by atoms with Gasteiger partial charge in [0.1, 0.15) is 6.61 Å². The molecular formula is C20H19ClF2N6O3S. The summed E-state index contributed by atoms with van der Waals surface area (Å²) in [6, 6.07) is 3.71. The minimum absolute atomic E-state index is 0.0336. The molecule has 0 saturated heterocycles. The molecule has 4 rings (SSSR count). The summed E-state index contributed by atoms with van der Waals surface area (Å²) in [5.41, 5.74) is 2.37. The third-order valence-corrected chi connectivity index (χ3v) is 5.68. The Morgan fingerprint density at radius 2 is 1.94 bits per heavy atom. The lowest BCUT2D eigenvalue weighted by Crippen LogP contribution is -2.11. The van der Waals surface area contributed by atoms with Crippen LogP contribution in [0.1, 0.15) is 0 Å². The third-order valence-electron chi connectivity index (χ3n) is 4.52. The number of imidazole rings is 1. The van der Waals surface area contributed by atoms with Gasteiger partial charge >= 0.3 is 0 Å². The summed E-state index contributed by atoms with van der Waals surface area (Å²) < 4.78 is 45.4. The lowest BCUT2D eigenvalue weighted by atomic mass is 10.1. The van der Waals surface area contributed by atoms with Gasteiger partial charge in [-0.05, 0) is 18.0 Å². The molecule has 0 fully saturated rings. The molecule has 9 nitrogen and oxygen atoms in total. The SMILES string of the molecule is COc1nc(NSc2c[nH]c3c(-c4cn(C)cn4)c(Cl)ccc23)nc(OC)c1OCC(F)F. The van der Waals surface area contributed by atoms with Crippen LogP contribution < -0.4 is 18.9 Å². The maximum Gasteiger partial charge on any atom is 0.272 e. The largest absolute Gasteiger partial charge is 0.478 e. The fourth-order valence-electron chi connectivity index (χ4n) is 3.13. The van der Waals surface area contributed by atoms with Gasteiger partial charge in [0.15, 0.2) is 0 Å². The average molecular weight is 497 g/mol. The fourth-order valence-corrected chi connectivity index (χ4v) is 4.07. The number of H-pyrrole nitrogens is 1. The number of benzene rings is 1. The normalized spacial score (nSPS) is 11.2. The average Bonchev–Trinajstić information content (AvgIpc) is 3.41. The van der Waals surface area contributed by atoms with Crippen molar-refractivity contribution in [3.63, 3.8) is 0 Å². The number of nitrogens with one attached hydrogen (secondary N) is 2. The minimum Gasteiger partial charge on any atom is -0.478 e. The molecule has 1 aromatic carbocycles. The summed E-state index contributed by atoms with van der Waals surface area (Å²) in [4.78, 5) is 16.9. The number of halogens is 3. The smallest absolute Gasteiger partial charge is 0.272 e. The number of aromatic nitrogens is 5. The van der Waals surface area contributed by atoms with Crippen LogP contribution in [0, 0.1) is 0 Å². The highest BCUT2D eigenvalue weighted by Crippen LogP contribution is 2.39. The van der Waals surface area contributed by atoms with Gasteiger partial charge in [0.2, 0.25) is 11.7 Å². The van der Waals surface area contributed by atoms with E-state index in [9.17, 15) is 8.78 Å². The maximum atomic E-state index is 12.6. The molecule has 174 valence electrons. The van der Waals surface area contributed by atoms with Gasteiger partial charge in [0, 0.05) is 30.4 Å². The quantitative estimate of drug-likeness (QED) is 0.319. The Bertz CT molecular complexity index is 1260. The van der Waals surface area contributed by atoms with Gasteiger partial charge in [0.25, 0.3) is 18.2 Å². The lowest BCUT2D eigenvalue weighted by molar-refractivity contribution is 0.0781. The molecule has 0 unspecified atom stereocenters. The van der Waals surface area contributed by atoms with Crippen molar-refractivity contribution in [3.05, 3.63) is 35.9 Å². The number of alkyl halides is 2. The Kier molecular flexibility index (Phi) is 6.75. The molecule has 0 amide bonds. The number of methoxy groups -OCH3 is 2. The highest BCUT2D eigenvalue weighted by atomic mass is 35.5. The monoisotopic (exact) mass is 496 g/mol. The molecule has 3 aromatic heterocycles. The second kappa shape index (κ2) is 9.71. The van der Waals surface area contributed by atoms with Crippen LogP contribution in [0.3, 0.4) is 0 Å². The van der Waals surface area contributed by atoms with E-state index < -0.39 is 13.0 Å². The number of fused-ring (bicyclic) bond motifs is 1. The Balaban J connectivity index is 1.61. The van der Waals surface area contributed by atoms with Crippen LogP contribution in [0.5, 0.6) is 17.5 Å². The molecule has 2 N–H and O–H groups in total. The molecule has 3 heterocycles. The van der Waals surface area contributed by atoms with E-state index in [1.807, 2.05) is 36.1 Å². The van der Waals surface area contributed by atoms with Crippen molar-refractivity contribution in [3.8, 4) is 28.8 Å². The Morgan fingerprint density at radius 1 is 1.21 bits per heavy atom. The molecule has 0 bridgehead atoms. The van der Waals surface area contributed by atoms with E-state index in [2.05, 4.69) is 24.7 Å². The first-order valence-corrected chi connectivity index (χ1v) is 10.7. The minimum atomic E-state index is -2.67. The number of anilines is 1. The zero-order valence-electron chi connectivity index (χ0n) is 17.7. The van der Waals surface area contributed by atoms with Crippen molar-refractivity contribution < 1.29 is 23.0 Å². The zero-order chi connectivity index (χ0) is 23.5. The number of hydrogen-bond donors (Lipinski definition) is 2. The third kappa shape index (κ3) is 4.76. The van der Waals surface area contributed by atoms with Crippen molar-refractivity contribution in [2.24, 2.45) is 7.05 Å². The summed E-state index contributed by atoms with van der Waals surface area (Å²) >= 11 is 7.70. The van der Waals surface area contributed by atoms with E-state index >= 15 is 0 Å². The molecule has 0 aliphatic heterocycles. The second-order valence-corrected chi connectivity index (χ2v) is 7.98. The van der Waals surface area contributed by atoms with E-state index in [1.165, 1.54) is 26.2 Å². The summed E-state index contributed by atoms with van der Waals surface area (Å²) in [6.45, 7) is -0.839. The topological polar surface area (TPSA) is 99.1 Å². The van der Waals surface area contributed by atoms with Gasteiger partial charge < -0.3 is 23.8 Å². The number of ether oxygens (including phenoxy) is 3. The van der Waals surface area contributed by atoms with Crippen LogP contribution in [0.2, 0.25) is 5.02 Å². The summed E-state index contributed by atoms with van der Waals surface area (Å²) in [6.07, 6.45) is 2.74. The van der Waals surface area contributed by atoms with Gasteiger partial charge in [-0.3, -0.25) is 4.72 Å². The van der Waals surface area contributed by atoms with E-state index in [4.69, 9.17) is 25.8 Å². The van der Waals surface area contributed by atoms with Crippen molar-refractivity contribution in [2.45, 2.75) is 11.3 Å². The van der Waals surface area contributed by atoms with Gasteiger partial charge in [-0.1, -0.05) is 17.7 Å². The molecule has 4 aromatic rings. The van der Waals surface area contributed by atoms with Crippen molar-refractivity contribution >= 4 is 40.4 Å². The summed E-state index contributed by atoms with van der Waals surface area (Å²) in [7, 11) is 4.57. The van der Waals surface area contributed by atoms with Gasteiger partial charge in [0.05, 0.1) is 41.7 Å². The molecule has 33 heavy (non-hydrogen) atoms. The van der Waals surface area contributed by atoms with Crippen LogP contribution in [0.25, 0.3) is 22.2 Å². The predicted octanol–water partition coefficient (Wildman–Crippen LogP) is 4.79. The van der Waals surface area contributed by atoms with Crippen LogP contribution in [-0.2, 0) is 7.05 Å². The second-order valence-electron chi connectivity index (χ2n) is 6.72. The summed E-state index contributed by atoms with van der Waals surface area (Å²) in [5, 5.41) is 1.48. The van der Waals surface area contributed by atoms with E-state index in [1.54, 1.807) is 6.33 Å². The van der Waals surface area contributed by atoms with Crippen LogP contribution in [0.15, 0.2) is 35.7 Å². The summed E-state index contributed by atoms with van der Waals surface area (Å²) in [5.74, 6) is -0.0218. The highest BCUT2D eigenvalue weighted by Gasteiger charge is 2.20. The van der Waals surface area contributed by atoms with Crippen molar-refractivity contribution in [2.75, 3.05) is 25.5 Å². The molecule has 0 saturated carbocycles. The number of rotatable bonds is 9. The molecule has 0 atom stereocenters. The lowest BCUT2D eigenvalue weighted by Gasteiger charge is -2.14. The number of nitrogens with zero attached hydrogens (tertiary/aromatic N) is 4. The van der Waals surface area contributed by atoms with Crippen LogP contribution in [-0.4, -0.2) is 51.8 Å². The first-order valence-electron chi connectivity index (χ1n) is 9.53. The molecule has 0 aliphatic rings. The Morgan fingerprint density at radius 3 is 2.55 bits per heavy atom. The standard InChI is InChI=1S/C20H19ClF2N6O3S/c1-29-7-12(25-9-29)15-11(21)5-4-10-13(6-24-16(10)15)33-28-20-26-18(30-2)17(19(27-20)31-3)32-8-14(22)23/h4-7,9,14,24H,8H2,1-3H3,(H,26,27,28). The Hall–Kier alpha value is -3.25. The maximum absolute atomic E-state index is 12.6. The van der Waals surface area contributed by atoms with Crippen LogP contribution in [0.4, 0.5) is 14.7 Å². The highest BCUT2D eigenvalue weighted by molar-refractivity contribution is 8.00. The van der Waals surface area contributed by atoms with E-state index in [0.29, 0.717) is 5.02 Å². The first kappa shape index (κ1) is 22.9. The van der Waals surface area contributed by atoms with Crippen molar-refractivity contribution in [1.29, 1.82) is 0 Å². The van der Waals surface area contributed by atoms with Crippen LogP contribution >= 0.6 is 23.5 Å². The molecule has 0 aliphatic carbocycles. The van der Waals surface area contributed by atoms with Gasteiger partial charge in [-0.25, -0.2) is 13.8 Å². The first-order chi connectivity index (χ1) is 15.9. The number of aryl methyl sites for hydroxylation is 1.